The monoisotopic (exact) mass is 425 g/mol. The van der Waals surface area contributed by atoms with Gasteiger partial charge in [0.15, 0.2) is 0 Å². The molecule has 2 rings (SSSR count). The largest absolute Gasteiger partial charge is 0.349 e. The van der Waals surface area contributed by atoms with E-state index in [1.807, 2.05) is 6.07 Å². The fraction of sp³-hybridized carbons (Fsp3) is 0.294. The molecule has 2 N–H and O–H groups in total. The first-order valence-corrected chi connectivity index (χ1v) is 10.0. The van der Waals surface area contributed by atoms with Crippen molar-refractivity contribution < 1.29 is 13.2 Å². The van der Waals surface area contributed by atoms with Crippen LogP contribution in [0.1, 0.15) is 19.5 Å². The van der Waals surface area contributed by atoms with Crippen molar-refractivity contribution in [2.45, 2.75) is 31.3 Å². The fourth-order valence-electron chi connectivity index (χ4n) is 2.13. The normalized spacial score (nSPS) is 12.8. The summed E-state index contributed by atoms with van der Waals surface area (Å²) < 4.78 is 28.3. The van der Waals surface area contributed by atoms with Gasteiger partial charge in [-0.05, 0) is 42.3 Å². The summed E-state index contributed by atoms with van der Waals surface area (Å²) in [6, 6.07) is 10.8. The van der Waals surface area contributed by atoms with Crippen molar-refractivity contribution in [3.63, 3.8) is 0 Å². The number of hydrogen-bond acceptors (Lipinski definition) is 4. The number of nitrogens with zero attached hydrogens (tertiary/aromatic N) is 1. The molecular formula is C17H20BrN3O3S. The maximum atomic E-state index is 12.5. The molecule has 134 valence electrons. The van der Waals surface area contributed by atoms with E-state index in [1.165, 1.54) is 12.1 Å². The maximum absolute atomic E-state index is 12.5. The van der Waals surface area contributed by atoms with Crippen LogP contribution in [-0.4, -0.2) is 25.4 Å². The van der Waals surface area contributed by atoms with Crippen LogP contribution in [0.25, 0.3) is 0 Å². The first kappa shape index (κ1) is 19.6. The summed E-state index contributed by atoms with van der Waals surface area (Å²) in [7, 11) is -3.80. The van der Waals surface area contributed by atoms with Crippen molar-refractivity contribution in [1.29, 1.82) is 0 Å². The molecule has 8 heteroatoms. The summed E-state index contributed by atoms with van der Waals surface area (Å²) in [5.41, 5.74) is 0.703. The molecule has 0 aliphatic carbocycles. The Hall–Kier alpha value is -1.77. The molecule has 25 heavy (non-hydrogen) atoms. The highest BCUT2D eigenvalue weighted by atomic mass is 79.9. The lowest BCUT2D eigenvalue weighted by atomic mass is 10.1. The Balaban J connectivity index is 2.09. The van der Waals surface area contributed by atoms with Crippen molar-refractivity contribution in [2.75, 3.05) is 0 Å². The average molecular weight is 426 g/mol. The third-order valence-electron chi connectivity index (χ3n) is 3.53. The van der Waals surface area contributed by atoms with E-state index in [0.29, 0.717) is 5.69 Å². The van der Waals surface area contributed by atoms with Crippen molar-refractivity contribution in [3.8, 4) is 0 Å². The molecule has 0 radical (unpaired) electrons. The number of pyridine rings is 1. The van der Waals surface area contributed by atoms with Gasteiger partial charge in [-0.2, -0.15) is 4.72 Å². The predicted molar refractivity (Wildman–Crippen MR) is 99.2 cm³/mol. The van der Waals surface area contributed by atoms with Gasteiger partial charge in [0.2, 0.25) is 15.9 Å². The summed E-state index contributed by atoms with van der Waals surface area (Å²) >= 11 is 3.27. The van der Waals surface area contributed by atoms with Crippen LogP contribution in [0.3, 0.4) is 0 Å². The number of aromatic nitrogens is 1. The van der Waals surface area contributed by atoms with Crippen LogP contribution in [0.15, 0.2) is 58.0 Å². The number of nitrogens with one attached hydrogen (secondary N) is 2. The third kappa shape index (κ3) is 5.62. The highest BCUT2D eigenvalue weighted by Crippen LogP contribution is 2.16. The molecule has 1 atom stereocenters. The number of carbonyl (C=O) groups is 1. The Morgan fingerprint density at radius 3 is 2.40 bits per heavy atom. The first-order chi connectivity index (χ1) is 11.8. The quantitative estimate of drug-likeness (QED) is 0.712. The van der Waals surface area contributed by atoms with E-state index in [0.717, 1.165) is 4.47 Å². The van der Waals surface area contributed by atoms with Gasteiger partial charge in [0.25, 0.3) is 0 Å². The van der Waals surface area contributed by atoms with Crippen LogP contribution < -0.4 is 10.0 Å². The topological polar surface area (TPSA) is 88.2 Å². The standard InChI is InChI=1S/C17H20BrN3O3S/c1-12(2)16(17(22)20-11-14-5-3-4-10-19-14)21-25(23,24)15-8-6-13(18)7-9-15/h3-10,12,16,21H,11H2,1-2H3,(H,20,22). The molecule has 1 amide bonds. The Morgan fingerprint density at radius 2 is 1.84 bits per heavy atom. The number of sulfonamides is 1. The fourth-order valence-corrected chi connectivity index (χ4v) is 3.74. The SMILES string of the molecule is CC(C)C(NS(=O)(=O)c1ccc(Br)cc1)C(=O)NCc1ccccn1. The second-order valence-electron chi connectivity index (χ2n) is 5.84. The van der Waals surface area contributed by atoms with Gasteiger partial charge in [0.1, 0.15) is 6.04 Å². The van der Waals surface area contributed by atoms with Crippen LogP contribution in [-0.2, 0) is 21.4 Å². The summed E-state index contributed by atoms with van der Waals surface area (Å²) in [6.07, 6.45) is 1.64. The van der Waals surface area contributed by atoms with Crippen molar-refractivity contribution in [2.24, 2.45) is 5.92 Å². The molecule has 0 spiro atoms. The number of hydrogen-bond donors (Lipinski definition) is 2. The molecule has 1 aromatic carbocycles. The Morgan fingerprint density at radius 1 is 1.16 bits per heavy atom. The number of rotatable bonds is 7. The van der Waals surface area contributed by atoms with Crippen LogP contribution in [0.5, 0.6) is 0 Å². The van der Waals surface area contributed by atoms with E-state index >= 15 is 0 Å². The molecule has 1 aromatic heterocycles. The Labute approximate surface area is 156 Å². The molecule has 0 fully saturated rings. The minimum Gasteiger partial charge on any atom is -0.349 e. The number of benzene rings is 1. The maximum Gasteiger partial charge on any atom is 0.241 e. The van der Waals surface area contributed by atoms with Gasteiger partial charge in [-0.25, -0.2) is 8.42 Å². The van der Waals surface area contributed by atoms with Gasteiger partial charge in [-0.15, -0.1) is 0 Å². The molecule has 1 unspecified atom stereocenters. The summed E-state index contributed by atoms with van der Waals surface area (Å²) in [6.45, 7) is 3.81. The zero-order valence-electron chi connectivity index (χ0n) is 13.9. The van der Waals surface area contributed by atoms with Gasteiger partial charge in [0.05, 0.1) is 17.1 Å². The number of carbonyl (C=O) groups excluding carboxylic acids is 1. The van der Waals surface area contributed by atoms with Gasteiger partial charge in [0, 0.05) is 10.7 Å². The molecule has 1 heterocycles. The van der Waals surface area contributed by atoms with Gasteiger partial charge in [-0.1, -0.05) is 35.8 Å². The van der Waals surface area contributed by atoms with E-state index in [-0.39, 0.29) is 23.3 Å². The zero-order valence-corrected chi connectivity index (χ0v) is 16.3. The van der Waals surface area contributed by atoms with Crippen LogP contribution in [0.4, 0.5) is 0 Å². The van der Waals surface area contributed by atoms with Crippen LogP contribution >= 0.6 is 15.9 Å². The lowest BCUT2D eigenvalue weighted by Crippen LogP contribution is -2.49. The Kier molecular flexibility index (Phi) is 6.69. The molecule has 6 nitrogen and oxygen atoms in total. The smallest absolute Gasteiger partial charge is 0.241 e. The van der Waals surface area contributed by atoms with E-state index < -0.39 is 16.1 Å². The van der Waals surface area contributed by atoms with Gasteiger partial charge < -0.3 is 5.32 Å². The van der Waals surface area contributed by atoms with Crippen molar-refractivity contribution >= 4 is 31.9 Å². The molecule has 0 aliphatic heterocycles. The number of halogens is 1. The molecular weight excluding hydrogens is 406 g/mol. The third-order valence-corrected chi connectivity index (χ3v) is 5.51. The van der Waals surface area contributed by atoms with Crippen LogP contribution in [0, 0.1) is 5.92 Å². The van der Waals surface area contributed by atoms with E-state index in [9.17, 15) is 13.2 Å². The molecule has 2 aromatic rings. The van der Waals surface area contributed by atoms with E-state index in [4.69, 9.17) is 0 Å². The zero-order chi connectivity index (χ0) is 18.4. The summed E-state index contributed by atoms with van der Waals surface area (Å²) in [5, 5.41) is 2.73. The number of amides is 1. The second kappa shape index (κ2) is 8.55. The molecule has 0 bridgehead atoms. The van der Waals surface area contributed by atoms with Gasteiger partial charge >= 0.3 is 0 Å². The minimum absolute atomic E-state index is 0.110. The minimum atomic E-state index is -3.80. The lowest BCUT2D eigenvalue weighted by Gasteiger charge is -2.21. The lowest BCUT2D eigenvalue weighted by molar-refractivity contribution is -0.123. The Bertz CT molecular complexity index is 809. The highest BCUT2D eigenvalue weighted by Gasteiger charge is 2.28. The van der Waals surface area contributed by atoms with Crippen LogP contribution in [0.2, 0.25) is 0 Å². The first-order valence-electron chi connectivity index (χ1n) is 7.75. The highest BCUT2D eigenvalue weighted by molar-refractivity contribution is 9.10. The molecule has 0 aliphatic rings. The summed E-state index contributed by atoms with van der Waals surface area (Å²) in [5.74, 6) is -0.602. The van der Waals surface area contributed by atoms with Crippen molar-refractivity contribution in [1.82, 2.24) is 15.0 Å². The average Bonchev–Trinajstić information content (AvgIpc) is 2.58. The predicted octanol–water partition coefficient (Wildman–Crippen LogP) is 2.46. The molecule has 0 saturated carbocycles. The summed E-state index contributed by atoms with van der Waals surface area (Å²) in [4.78, 5) is 16.7. The van der Waals surface area contributed by atoms with Gasteiger partial charge in [-0.3, -0.25) is 9.78 Å². The van der Waals surface area contributed by atoms with E-state index in [2.05, 4.69) is 31.0 Å². The second-order valence-corrected chi connectivity index (χ2v) is 8.47. The molecule has 0 saturated heterocycles. The van der Waals surface area contributed by atoms with E-state index in [1.54, 1.807) is 44.3 Å². The van der Waals surface area contributed by atoms with Crippen molar-refractivity contribution in [3.05, 3.63) is 58.8 Å².